The molecule has 1 saturated carbocycles. The first kappa shape index (κ1) is 13.9. The number of carboxylic acids is 1. The highest BCUT2D eigenvalue weighted by molar-refractivity contribution is 5.81. The van der Waals surface area contributed by atoms with Crippen LogP contribution in [-0.2, 0) is 10.2 Å². The van der Waals surface area contributed by atoms with E-state index in [1.807, 2.05) is 31.3 Å². The number of aliphatic carboxylic acids is 1. The summed E-state index contributed by atoms with van der Waals surface area (Å²) in [6.07, 6.45) is 3.16. The van der Waals surface area contributed by atoms with Gasteiger partial charge in [-0.25, -0.2) is 0 Å². The topological polar surface area (TPSA) is 58.6 Å². The number of nitrogens with one attached hydrogen (secondary N) is 1. The molecule has 104 valence electrons. The zero-order chi connectivity index (χ0) is 13.9. The van der Waals surface area contributed by atoms with Gasteiger partial charge in [-0.05, 0) is 50.4 Å². The number of carboxylic acid groups (broad SMARTS) is 1. The molecule has 19 heavy (non-hydrogen) atoms. The Labute approximate surface area is 113 Å². The molecule has 0 radical (unpaired) electrons. The number of carbonyl (C=O) groups is 1. The molecule has 1 aliphatic carbocycles. The van der Waals surface area contributed by atoms with Crippen molar-refractivity contribution in [1.29, 1.82) is 0 Å². The van der Waals surface area contributed by atoms with Crippen molar-refractivity contribution in [2.75, 3.05) is 14.2 Å². The molecule has 2 rings (SSSR count). The molecular formula is C15H21NO3. The molecular weight excluding hydrogens is 242 g/mol. The molecule has 2 N–H and O–H groups in total. The summed E-state index contributed by atoms with van der Waals surface area (Å²) in [6.45, 7) is 0. The Morgan fingerprint density at radius 2 is 1.89 bits per heavy atom. The summed E-state index contributed by atoms with van der Waals surface area (Å²) >= 11 is 0. The summed E-state index contributed by atoms with van der Waals surface area (Å²) in [5.41, 5.74) is 0.148. The summed E-state index contributed by atoms with van der Waals surface area (Å²) in [4.78, 5) is 11.8. The minimum absolute atomic E-state index is 0.436. The molecule has 1 aromatic rings. The van der Waals surface area contributed by atoms with E-state index in [1.54, 1.807) is 7.11 Å². The molecule has 0 unspecified atom stereocenters. The average molecular weight is 263 g/mol. The van der Waals surface area contributed by atoms with Gasteiger partial charge in [0.1, 0.15) is 5.75 Å². The Hall–Kier alpha value is -1.55. The van der Waals surface area contributed by atoms with Crippen LogP contribution < -0.4 is 10.1 Å². The van der Waals surface area contributed by atoms with Crippen molar-refractivity contribution in [2.45, 2.75) is 37.1 Å². The summed E-state index contributed by atoms with van der Waals surface area (Å²) in [6, 6.07) is 7.87. The third kappa shape index (κ3) is 2.59. The van der Waals surface area contributed by atoms with Gasteiger partial charge in [0.05, 0.1) is 12.5 Å². The van der Waals surface area contributed by atoms with Crippen LogP contribution in [0.25, 0.3) is 0 Å². The first-order valence-electron chi connectivity index (χ1n) is 6.67. The number of methoxy groups -OCH3 is 1. The third-order valence-electron chi connectivity index (χ3n) is 4.30. The van der Waals surface area contributed by atoms with E-state index < -0.39 is 11.4 Å². The van der Waals surface area contributed by atoms with Gasteiger partial charge in [-0.3, -0.25) is 4.79 Å². The molecule has 1 fully saturated rings. The van der Waals surface area contributed by atoms with E-state index in [9.17, 15) is 9.90 Å². The smallest absolute Gasteiger partial charge is 0.314 e. The molecule has 0 aliphatic heterocycles. The number of ether oxygens (including phenoxy) is 1. The lowest BCUT2D eigenvalue weighted by Gasteiger charge is -2.37. The largest absolute Gasteiger partial charge is 0.497 e. The molecule has 4 heteroatoms. The standard InChI is InChI=1S/C15H21NO3/c1-16-12-7-9-15(10-8-12,14(17)18)11-3-5-13(19-2)6-4-11/h3-6,12,16H,7-10H2,1-2H3,(H,17,18). The fraction of sp³-hybridized carbons (Fsp3) is 0.533. The van der Waals surface area contributed by atoms with Crippen molar-refractivity contribution in [3.63, 3.8) is 0 Å². The molecule has 0 heterocycles. The molecule has 0 spiro atoms. The van der Waals surface area contributed by atoms with Gasteiger partial charge in [0, 0.05) is 6.04 Å². The number of rotatable bonds is 4. The maximum Gasteiger partial charge on any atom is 0.314 e. The van der Waals surface area contributed by atoms with Crippen molar-refractivity contribution in [3.8, 4) is 5.75 Å². The maximum absolute atomic E-state index is 11.8. The predicted molar refractivity (Wildman–Crippen MR) is 73.6 cm³/mol. The van der Waals surface area contributed by atoms with Crippen LogP contribution in [0, 0.1) is 0 Å². The zero-order valence-electron chi connectivity index (χ0n) is 11.5. The molecule has 0 atom stereocenters. The zero-order valence-corrected chi connectivity index (χ0v) is 11.5. The van der Waals surface area contributed by atoms with Gasteiger partial charge < -0.3 is 15.2 Å². The lowest BCUT2D eigenvalue weighted by molar-refractivity contribution is -0.145. The Balaban J connectivity index is 2.27. The second-order valence-corrected chi connectivity index (χ2v) is 5.18. The van der Waals surface area contributed by atoms with Gasteiger partial charge in [-0.15, -0.1) is 0 Å². The summed E-state index contributed by atoms with van der Waals surface area (Å²) in [5, 5.41) is 12.9. The van der Waals surface area contributed by atoms with Crippen LogP contribution in [-0.4, -0.2) is 31.3 Å². The van der Waals surface area contributed by atoms with E-state index >= 15 is 0 Å². The molecule has 1 aliphatic rings. The van der Waals surface area contributed by atoms with E-state index in [2.05, 4.69) is 5.32 Å². The van der Waals surface area contributed by atoms with Crippen molar-refractivity contribution in [1.82, 2.24) is 5.32 Å². The van der Waals surface area contributed by atoms with Gasteiger partial charge in [-0.2, -0.15) is 0 Å². The van der Waals surface area contributed by atoms with Crippen LogP contribution in [0.1, 0.15) is 31.2 Å². The molecule has 1 aromatic carbocycles. The second kappa shape index (κ2) is 5.61. The fourth-order valence-electron chi connectivity index (χ4n) is 2.94. The first-order chi connectivity index (χ1) is 9.12. The van der Waals surface area contributed by atoms with Crippen LogP contribution in [0.5, 0.6) is 5.75 Å². The van der Waals surface area contributed by atoms with Crippen molar-refractivity contribution in [3.05, 3.63) is 29.8 Å². The summed E-state index contributed by atoms with van der Waals surface area (Å²) < 4.78 is 5.13. The molecule has 0 aromatic heterocycles. The highest BCUT2D eigenvalue weighted by Gasteiger charge is 2.43. The number of hydrogen-bond donors (Lipinski definition) is 2. The lowest BCUT2D eigenvalue weighted by Crippen LogP contribution is -2.43. The Kier molecular flexibility index (Phi) is 4.10. The normalized spacial score (nSPS) is 26.9. The summed E-state index contributed by atoms with van der Waals surface area (Å²) in [7, 11) is 3.55. The van der Waals surface area contributed by atoms with Crippen LogP contribution in [0.3, 0.4) is 0 Å². The van der Waals surface area contributed by atoms with Crippen LogP contribution in [0.2, 0.25) is 0 Å². The van der Waals surface area contributed by atoms with Crippen LogP contribution in [0.4, 0.5) is 0 Å². The second-order valence-electron chi connectivity index (χ2n) is 5.18. The van der Waals surface area contributed by atoms with E-state index in [0.29, 0.717) is 18.9 Å². The highest BCUT2D eigenvalue weighted by atomic mass is 16.5. The monoisotopic (exact) mass is 263 g/mol. The SMILES string of the molecule is CNC1CCC(C(=O)O)(c2ccc(OC)cc2)CC1. The van der Waals surface area contributed by atoms with E-state index in [0.717, 1.165) is 24.2 Å². The minimum Gasteiger partial charge on any atom is -0.497 e. The minimum atomic E-state index is -0.736. The highest BCUT2D eigenvalue weighted by Crippen LogP contribution is 2.40. The average Bonchev–Trinajstić information content (AvgIpc) is 2.47. The van der Waals surface area contributed by atoms with Gasteiger partial charge in [0.15, 0.2) is 0 Å². The predicted octanol–water partition coefficient (Wildman–Crippen LogP) is 2.18. The molecule has 0 saturated heterocycles. The first-order valence-corrected chi connectivity index (χ1v) is 6.67. The Morgan fingerprint density at radius 3 is 2.32 bits per heavy atom. The molecule has 0 bridgehead atoms. The van der Waals surface area contributed by atoms with Crippen LogP contribution in [0.15, 0.2) is 24.3 Å². The Morgan fingerprint density at radius 1 is 1.32 bits per heavy atom. The van der Waals surface area contributed by atoms with Crippen LogP contribution >= 0.6 is 0 Å². The van der Waals surface area contributed by atoms with E-state index in [1.165, 1.54) is 0 Å². The van der Waals surface area contributed by atoms with Crippen molar-refractivity contribution >= 4 is 5.97 Å². The van der Waals surface area contributed by atoms with E-state index in [-0.39, 0.29) is 0 Å². The quantitative estimate of drug-likeness (QED) is 0.874. The third-order valence-corrected chi connectivity index (χ3v) is 4.30. The van der Waals surface area contributed by atoms with Crippen molar-refractivity contribution < 1.29 is 14.6 Å². The fourth-order valence-corrected chi connectivity index (χ4v) is 2.94. The van der Waals surface area contributed by atoms with Gasteiger partial charge >= 0.3 is 5.97 Å². The van der Waals surface area contributed by atoms with Gasteiger partial charge in [0.2, 0.25) is 0 Å². The Bertz CT molecular complexity index is 433. The van der Waals surface area contributed by atoms with E-state index in [4.69, 9.17) is 4.74 Å². The lowest BCUT2D eigenvalue weighted by atomic mass is 9.68. The number of hydrogen-bond acceptors (Lipinski definition) is 3. The van der Waals surface area contributed by atoms with Crippen molar-refractivity contribution in [2.24, 2.45) is 0 Å². The summed E-state index contributed by atoms with van der Waals surface area (Å²) in [5.74, 6) is 0.0421. The molecule has 0 amide bonds. The van der Waals surface area contributed by atoms with Gasteiger partial charge in [0.25, 0.3) is 0 Å². The van der Waals surface area contributed by atoms with Gasteiger partial charge in [-0.1, -0.05) is 12.1 Å². The maximum atomic E-state index is 11.8. The molecule has 4 nitrogen and oxygen atoms in total. The number of benzene rings is 1.